The van der Waals surface area contributed by atoms with E-state index in [1.54, 1.807) is 0 Å². The number of rotatable bonds is 3. The van der Waals surface area contributed by atoms with Crippen molar-refractivity contribution in [3.8, 4) is 0 Å². The molecule has 2 saturated heterocycles. The molecule has 0 saturated carbocycles. The zero-order valence-corrected chi connectivity index (χ0v) is 11.2. The van der Waals surface area contributed by atoms with Gasteiger partial charge in [-0.25, -0.2) is 9.97 Å². The number of morpholine rings is 1. The number of ether oxygens (including phenoxy) is 2. The number of aromatic nitrogens is 2. The van der Waals surface area contributed by atoms with Crippen LogP contribution in [0.4, 0.5) is 0 Å². The summed E-state index contributed by atoms with van der Waals surface area (Å²) in [5.74, 6) is 1.43. The highest BCUT2D eigenvalue weighted by Gasteiger charge is 2.19. The monoisotopic (exact) mass is 263 g/mol. The lowest BCUT2D eigenvalue weighted by Gasteiger charge is -2.24. The average Bonchev–Trinajstić information content (AvgIpc) is 2.49. The fourth-order valence-corrected chi connectivity index (χ4v) is 2.69. The van der Waals surface area contributed by atoms with Crippen molar-refractivity contribution in [2.24, 2.45) is 0 Å². The summed E-state index contributed by atoms with van der Waals surface area (Å²) in [4.78, 5) is 9.09. The third kappa shape index (κ3) is 3.49. The minimum absolute atomic E-state index is 0.207. The van der Waals surface area contributed by atoms with Crippen LogP contribution in [0.1, 0.15) is 30.3 Å². The second-order valence-corrected chi connectivity index (χ2v) is 5.19. The zero-order valence-electron chi connectivity index (χ0n) is 11.2. The molecule has 1 atom stereocenters. The lowest BCUT2D eigenvalue weighted by Crippen LogP contribution is -2.39. The van der Waals surface area contributed by atoms with Gasteiger partial charge >= 0.3 is 0 Å². The summed E-state index contributed by atoms with van der Waals surface area (Å²) in [7, 11) is 0. The van der Waals surface area contributed by atoms with Gasteiger partial charge in [0.25, 0.3) is 0 Å². The van der Waals surface area contributed by atoms with Gasteiger partial charge in [-0.05, 0) is 18.9 Å². The second-order valence-electron chi connectivity index (χ2n) is 5.19. The van der Waals surface area contributed by atoms with Crippen LogP contribution in [0, 0.1) is 0 Å². The SMILES string of the molecule is c1cc(C2CCOCC2)nc(CC2CNCCO2)n1. The first-order chi connectivity index (χ1) is 9.42. The number of nitrogens with zero attached hydrogens (tertiary/aromatic N) is 2. The van der Waals surface area contributed by atoms with E-state index in [-0.39, 0.29) is 6.10 Å². The summed E-state index contributed by atoms with van der Waals surface area (Å²) < 4.78 is 11.1. The van der Waals surface area contributed by atoms with E-state index in [1.165, 1.54) is 0 Å². The van der Waals surface area contributed by atoms with Crippen molar-refractivity contribution in [3.63, 3.8) is 0 Å². The summed E-state index contributed by atoms with van der Waals surface area (Å²) in [5, 5.41) is 3.34. The van der Waals surface area contributed by atoms with E-state index >= 15 is 0 Å². The minimum Gasteiger partial charge on any atom is -0.381 e. The van der Waals surface area contributed by atoms with Crippen molar-refractivity contribution in [2.45, 2.75) is 31.3 Å². The molecular weight excluding hydrogens is 242 g/mol. The Morgan fingerprint density at radius 2 is 2.16 bits per heavy atom. The molecule has 0 aliphatic carbocycles. The van der Waals surface area contributed by atoms with Gasteiger partial charge in [-0.3, -0.25) is 0 Å². The molecule has 0 aromatic carbocycles. The van der Waals surface area contributed by atoms with Crippen LogP contribution in [0.2, 0.25) is 0 Å². The summed E-state index contributed by atoms with van der Waals surface area (Å²) in [5.41, 5.74) is 1.16. The molecule has 3 rings (SSSR count). The van der Waals surface area contributed by atoms with Crippen LogP contribution in [0.5, 0.6) is 0 Å². The van der Waals surface area contributed by atoms with Crippen molar-refractivity contribution in [1.82, 2.24) is 15.3 Å². The van der Waals surface area contributed by atoms with Crippen molar-refractivity contribution < 1.29 is 9.47 Å². The molecule has 1 N–H and O–H groups in total. The Morgan fingerprint density at radius 1 is 1.26 bits per heavy atom. The minimum atomic E-state index is 0.207. The Balaban J connectivity index is 1.64. The van der Waals surface area contributed by atoms with Crippen LogP contribution in [-0.2, 0) is 15.9 Å². The molecule has 19 heavy (non-hydrogen) atoms. The Hall–Kier alpha value is -1.04. The highest BCUT2D eigenvalue weighted by Crippen LogP contribution is 2.25. The molecule has 1 aromatic rings. The largest absolute Gasteiger partial charge is 0.381 e. The summed E-state index contributed by atoms with van der Waals surface area (Å²) in [6.45, 7) is 4.31. The van der Waals surface area contributed by atoms with Gasteiger partial charge in [-0.2, -0.15) is 0 Å². The molecule has 104 valence electrons. The van der Waals surface area contributed by atoms with E-state index < -0.39 is 0 Å². The van der Waals surface area contributed by atoms with Gasteiger partial charge in [0.15, 0.2) is 0 Å². The zero-order chi connectivity index (χ0) is 12.9. The molecule has 0 spiro atoms. The Labute approximate surface area is 113 Å². The van der Waals surface area contributed by atoms with E-state index in [4.69, 9.17) is 14.5 Å². The summed E-state index contributed by atoms with van der Waals surface area (Å²) >= 11 is 0. The van der Waals surface area contributed by atoms with Crippen LogP contribution in [0.3, 0.4) is 0 Å². The third-order valence-electron chi connectivity index (χ3n) is 3.78. The van der Waals surface area contributed by atoms with E-state index in [0.29, 0.717) is 5.92 Å². The highest BCUT2D eigenvalue weighted by atomic mass is 16.5. The van der Waals surface area contributed by atoms with Crippen molar-refractivity contribution in [2.75, 3.05) is 32.9 Å². The molecule has 0 amide bonds. The Bertz CT molecular complexity index is 401. The molecule has 5 nitrogen and oxygen atoms in total. The molecule has 2 fully saturated rings. The van der Waals surface area contributed by atoms with Crippen molar-refractivity contribution >= 4 is 0 Å². The van der Waals surface area contributed by atoms with Gasteiger partial charge in [0, 0.05) is 50.5 Å². The lowest BCUT2D eigenvalue weighted by molar-refractivity contribution is 0.0279. The van der Waals surface area contributed by atoms with E-state index in [1.807, 2.05) is 12.3 Å². The molecule has 5 heteroatoms. The highest BCUT2D eigenvalue weighted by molar-refractivity contribution is 5.09. The van der Waals surface area contributed by atoms with Gasteiger partial charge in [0.2, 0.25) is 0 Å². The van der Waals surface area contributed by atoms with Crippen LogP contribution in [0.25, 0.3) is 0 Å². The third-order valence-corrected chi connectivity index (χ3v) is 3.78. The first-order valence-electron chi connectivity index (χ1n) is 7.14. The van der Waals surface area contributed by atoms with Gasteiger partial charge < -0.3 is 14.8 Å². The maximum absolute atomic E-state index is 5.70. The van der Waals surface area contributed by atoms with E-state index in [9.17, 15) is 0 Å². The number of hydrogen-bond donors (Lipinski definition) is 1. The summed E-state index contributed by atoms with van der Waals surface area (Å²) in [6, 6.07) is 2.04. The second kappa shape index (κ2) is 6.41. The van der Waals surface area contributed by atoms with Crippen molar-refractivity contribution in [3.05, 3.63) is 23.8 Å². The van der Waals surface area contributed by atoms with Gasteiger partial charge in [-0.1, -0.05) is 0 Å². The molecular formula is C14H21N3O2. The molecule has 1 aromatic heterocycles. The quantitative estimate of drug-likeness (QED) is 0.878. The molecule has 1 unspecified atom stereocenters. The molecule has 2 aliphatic rings. The molecule has 3 heterocycles. The maximum Gasteiger partial charge on any atom is 0.131 e. The van der Waals surface area contributed by atoms with Crippen LogP contribution in [0.15, 0.2) is 12.3 Å². The van der Waals surface area contributed by atoms with Gasteiger partial charge in [0.05, 0.1) is 12.7 Å². The first-order valence-corrected chi connectivity index (χ1v) is 7.14. The predicted molar refractivity (Wildman–Crippen MR) is 71.1 cm³/mol. The molecule has 2 aliphatic heterocycles. The topological polar surface area (TPSA) is 56.3 Å². The summed E-state index contributed by atoms with van der Waals surface area (Å²) in [6.07, 6.45) is 5.02. The average molecular weight is 263 g/mol. The van der Waals surface area contributed by atoms with E-state index in [2.05, 4.69) is 10.3 Å². The number of nitrogens with one attached hydrogen (secondary N) is 1. The molecule has 0 bridgehead atoms. The predicted octanol–water partition coefficient (Wildman–Crippen LogP) is 0.901. The maximum atomic E-state index is 5.70. The van der Waals surface area contributed by atoms with Gasteiger partial charge in [0.1, 0.15) is 5.82 Å². The van der Waals surface area contributed by atoms with Crippen LogP contribution in [-0.4, -0.2) is 49.0 Å². The molecule has 0 radical (unpaired) electrons. The first kappa shape index (κ1) is 13.0. The Morgan fingerprint density at radius 3 is 2.95 bits per heavy atom. The number of hydrogen-bond acceptors (Lipinski definition) is 5. The fraction of sp³-hybridized carbons (Fsp3) is 0.714. The van der Waals surface area contributed by atoms with Crippen LogP contribution >= 0.6 is 0 Å². The lowest BCUT2D eigenvalue weighted by atomic mass is 9.96. The van der Waals surface area contributed by atoms with Crippen LogP contribution < -0.4 is 5.32 Å². The Kier molecular flexibility index (Phi) is 4.37. The van der Waals surface area contributed by atoms with Gasteiger partial charge in [-0.15, -0.1) is 0 Å². The van der Waals surface area contributed by atoms with Crippen molar-refractivity contribution in [1.29, 1.82) is 0 Å². The standard InChI is InChI=1S/C14H21N3O2/c1-4-16-14(9-12-10-15-5-8-19-12)17-13(1)11-2-6-18-7-3-11/h1,4,11-12,15H,2-3,5-10H2. The smallest absolute Gasteiger partial charge is 0.131 e. The van der Waals surface area contributed by atoms with E-state index in [0.717, 1.165) is 63.7 Å². The normalized spacial score (nSPS) is 25.4. The fourth-order valence-electron chi connectivity index (χ4n) is 2.69.